The van der Waals surface area contributed by atoms with Crippen LogP contribution >= 0.6 is 0 Å². The molecule has 0 fully saturated rings. The Kier molecular flexibility index (Phi) is 5.82. The normalized spacial score (nSPS) is 12.2. The van der Waals surface area contributed by atoms with Gasteiger partial charge in [0.05, 0.1) is 0 Å². The molecule has 2 N–H and O–H groups in total. The first-order valence-corrected chi connectivity index (χ1v) is 8.71. The van der Waals surface area contributed by atoms with Crippen molar-refractivity contribution in [2.24, 2.45) is 0 Å². The number of rotatable bonds is 4. The Bertz CT molecular complexity index is 621. The van der Waals surface area contributed by atoms with Gasteiger partial charge in [-0.05, 0) is 32.9 Å². The van der Waals surface area contributed by atoms with E-state index in [9.17, 15) is 10.0 Å². The second-order valence-corrected chi connectivity index (χ2v) is 8.58. The van der Waals surface area contributed by atoms with E-state index in [0.29, 0.717) is 10.9 Å². The Morgan fingerprint density at radius 3 is 1.12 bits per heavy atom. The van der Waals surface area contributed by atoms with Crippen molar-refractivity contribution in [2.75, 3.05) is 0 Å². The zero-order valence-electron chi connectivity index (χ0n) is 16.1. The quantitative estimate of drug-likeness (QED) is 0.842. The average molecular weight is 338 g/mol. The maximum atomic E-state index is 10.2. The standard InChI is InChI=1S/C20H28B2O3/c1-19(2,3)15-7-11-17(12-8-15)21(23)25-22(24)18-13-9-16(10-14-18)20(4,5)6/h7-14,23-24H,1-6H3. The molecule has 0 aliphatic heterocycles. The molecule has 0 atom stereocenters. The van der Waals surface area contributed by atoms with Gasteiger partial charge < -0.3 is 14.6 Å². The molecule has 132 valence electrons. The summed E-state index contributed by atoms with van der Waals surface area (Å²) < 4.78 is 5.38. The Morgan fingerprint density at radius 2 is 0.880 bits per heavy atom. The second-order valence-electron chi connectivity index (χ2n) is 8.58. The zero-order valence-corrected chi connectivity index (χ0v) is 16.1. The fourth-order valence-corrected chi connectivity index (χ4v) is 2.57. The van der Waals surface area contributed by atoms with E-state index >= 15 is 0 Å². The highest BCUT2D eigenvalue weighted by Crippen LogP contribution is 2.21. The maximum Gasteiger partial charge on any atom is 0.477 e. The van der Waals surface area contributed by atoms with E-state index in [1.165, 1.54) is 11.1 Å². The first kappa shape index (κ1) is 19.8. The zero-order chi connectivity index (χ0) is 18.8. The minimum atomic E-state index is -1.17. The molecule has 0 bridgehead atoms. The summed E-state index contributed by atoms with van der Waals surface area (Å²) >= 11 is 0. The van der Waals surface area contributed by atoms with Gasteiger partial charge in [-0.25, -0.2) is 0 Å². The van der Waals surface area contributed by atoms with E-state index in [1.54, 1.807) is 0 Å². The van der Waals surface area contributed by atoms with Crippen molar-refractivity contribution in [1.82, 2.24) is 0 Å². The highest BCUT2D eigenvalue weighted by atomic mass is 16.5. The van der Waals surface area contributed by atoms with Crippen LogP contribution in [0.2, 0.25) is 0 Å². The van der Waals surface area contributed by atoms with Gasteiger partial charge in [-0.1, -0.05) is 90.1 Å². The fraction of sp³-hybridized carbons (Fsp3) is 0.400. The first-order valence-electron chi connectivity index (χ1n) is 8.71. The molecule has 0 saturated carbocycles. The summed E-state index contributed by atoms with van der Waals surface area (Å²) in [6.45, 7) is 12.8. The average Bonchev–Trinajstić information content (AvgIpc) is 2.53. The van der Waals surface area contributed by atoms with Crippen molar-refractivity contribution in [3.63, 3.8) is 0 Å². The topological polar surface area (TPSA) is 49.7 Å². The summed E-state index contributed by atoms with van der Waals surface area (Å²) in [7, 11) is -2.35. The third-order valence-corrected chi connectivity index (χ3v) is 4.38. The van der Waals surface area contributed by atoms with E-state index in [-0.39, 0.29) is 10.8 Å². The lowest BCUT2D eigenvalue weighted by Gasteiger charge is -2.20. The molecule has 0 spiro atoms. The summed E-state index contributed by atoms with van der Waals surface area (Å²) in [5.74, 6) is 0. The van der Waals surface area contributed by atoms with Gasteiger partial charge in [0.15, 0.2) is 0 Å². The molecule has 0 amide bonds. The fourth-order valence-electron chi connectivity index (χ4n) is 2.57. The van der Waals surface area contributed by atoms with Crippen molar-refractivity contribution >= 4 is 25.2 Å². The highest BCUT2D eigenvalue weighted by molar-refractivity contribution is 6.73. The second kappa shape index (κ2) is 7.36. The van der Waals surface area contributed by atoms with Gasteiger partial charge in [-0.3, -0.25) is 0 Å². The number of hydrogen-bond acceptors (Lipinski definition) is 3. The Balaban J connectivity index is 2.05. The Morgan fingerprint density at radius 1 is 0.600 bits per heavy atom. The molecule has 0 aliphatic carbocycles. The van der Waals surface area contributed by atoms with E-state index in [0.717, 1.165) is 0 Å². The molecule has 5 heteroatoms. The van der Waals surface area contributed by atoms with E-state index < -0.39 is 14.2 Å². The van der Waals surface area contributed by atoms with Crippen LogP contribution < -0.4 is 10.9 Å². The lowest BCUT2D eigenvalue weighted by Crippen LogP contribution is -2.45. The number of hydrogen-bond donors (Lipinski definition) is 2. The van der Waals surface area contributed by atoms with Crippen LogP contribution in [0.25, 0.3) is 0 Å². The van der Waals surface area contributed by atoms with Gasteiger partial charge in [0.2, 0.25) is 0 Å². The SMILES string of the molecule is CC(C)(C)c1ccc(B(O)OB(O)c2ccc(C(C)(C)C)cc2)cc1. The van der Waals surface area contributed by atoms with Crippen LogP contribution in [0.5, 0.6) is 0 Å². The van der Waals surface area contributed by atoms with Gasteiger partial charge in [-0.15, -0.1) is 0 Å². The molecular formula is C20H28B2O3. The summed E-state index contributed by atoms with van der Waals surface area (Å²) in [4.78, 5) is 0. The molecule has 2 aromatic carbocycles. The van der Waals surface area contributed by atoms with Gasteiger partial charge in [0, 0.05) is 0 Å². The molecule has 0 aliphatic rings. The summed E-state index contributed by atoms with van der Waals surface area (Å²) in [6, 6.07) is 15.3. The van der Waals surface area contributed by atoms with E-state index in [2.05, 4.69) is 41.5 Å². The minimum Gasteiger partial charge on any atom is -0.443 e. The Labute approximate surface area is 152 Å². The van der Waals surface area contributed by atoms with Crippen molar-refractivity contribution < 1.29 is 14.6 Å². The lowest BCUT2D eigenvalue weighted by molar-refractivity contribution is 0.378. The monoisotopic (exact) mass is 338 g/mol. The van der Waals surface area contributed by atoms with Crippen LogP contribution in [0.1, 0.15) is 52.7 Å². The smallest absolute Gasteiger partial charge is 0.443 e. The predicted octanol–water partition coefficient (Wildman–Crippen LogP) is 2.37. The molecule has 25 heavy (non-hydrogen) atoms. The van der Waals surface area contributed by atoms with Gasteiger partial charge in [0.25, 0.3) is 0 Å². The third kappa shape index (κ3) is 5.21. The van der Waals surface area contributed by atoms with Gasteiger partial charge in [0.1, 0.15) is 0 Å². The van der Waals surface area contributed by atoms with Crippen LogP contribution in [0.15, 0.2) is 48.5 Å². The van der Waals surface area contributed by atoms with Crippen LogP contribution in [-0.2, 0) is 15.4 Å². The summed E-state index contributed by atoms with van der Waals surface area (Å²) in [5.41, 5.74) is 3.72. The molecule has 0 saturated heterocycles. The van der Waals surface area contributed by atoms with Crippen LogP contribution in [0.3, 0.4) is 0 Å². The maximum absolute atomic E-state index is 10.2. The number of benzene rings is 2. The minimum absolute atomic E-state index is 0.0542. The van der Waals surface area contributed by atoms with Crippen molar-refractivity contribution in [3.05, 3.63) is 59.7 Å². The highest BCUT2D eigenvalue weighted by Gasteiger charge is 2.26. The Hall–Kier alpha value is -1.55. The van der Waals surface area contributed by atoms with E-state index in [1.807, 2.05) is 48.5 Å². The lowest BCUT2D eigenvalue weighted by atomic mass is 9.70. The molecule has 2 rings (SSSR count). The molecule has 2 aromatic rings. The summed E-state index contributed by atoms with van der Waals surface area (Å²) in [6.07, 6.45) is 0. The largest absolute Gasteiger partial charge is 0.477 e. The van der Waals surface area contributed by atoms with Crippen molar-refractivity contribution in [1.29, 1.82) is 0 Å². The molecule has 0 radical (unpaired) electrons. The molecular weight excluding hydrogens is 310 g/mol. The van der Waals surface area contributed by atoms with Crippen molar-refractivity contribution in [3.8, 4) is 0 Å². The van der Waals surface area contributed by atoms with Crippen LogP contribution in [0, 0.1) is 0 Å². The summed E-state index contributed by atoms with van der Waals surface area (Å²) in [5, 5.41) is 20.5. The molecule has 3 nitrogen and oxygen atoms in total. The molecule has 0 aromatic heterocycles. The van der Waals surface area contributed by atoms with Crippen LogP contribution in [-0.4, -0.2) is 24.3 Å². The van der Waals surface area contributed by atoms with Gasteiger partial charge >= 0.3 is 14.2 Å². The van der Waals surface area contributed by atoms with Gasteiger partial charge in [-0.2, -0.15) is 0 Å². The van der Waals surface area contributed by atoms with E-state index in [4.69, 9.17) is 4.57 Å². The predicted molar refractivity (Wildman–Crippen MR) is 107 cm³/mol. The molecule has 0 heterocycles. The third-order valence-electron chi connectivity index (χ3n) is 4.38. The van der Waals surface area contributed by atoms with Crippen LogP contribution in [0.4, 0.5) is 0 Å². The first-order chi connectivity index (χ1) is 11.5. The van der Waals surface area contributed by atoms with Crippen molar-refractivity contribution in [2.45, 2.75) is 52.4 Å². The molecule has 0 unspecified atom stereocenters.